The van der Waals surface area contributed by atoms with Gasteiger partial charge in [-0.25, -0.2) is 8.42 Å². The van der Waals surface area contributed by atoms with Gasteiger partial charge in [-0.15, -0.1) is 0 Å². The molecule has 4 rings (SSSR count). The van der Waals surface area contributed by atoms with Crippen molar-refractivity contribution in [3.8, 4) is 0 Å². The molecule has 0 saturated heterocycles. The molecule has 9 nitrogen and oxygen atoms in total. The Bertz CT molecular complexity index is 1240. The number of aromatic nitrogens is 6. The molecule has 2 N–H and O–H groups in total. The number of H-pyrrole nitrogens is 1. The Balaban J connectivity index is 1.79. The van der Waals surface area contributed by atoms with Crippen LogP contribution >= 0.6 is 0 Å². The molecule has 0 atom stereocenters. The summed E-state index contributed by atoms with van der Waals surface area (Å²) in [6.07, 6.45) is 4.55. The molecule has 27 heavy (non-hydrogen) atoms. The summed E-state index contributed by atoms with van der Waals surface area (Å²) in [7, 11) is -3.56. The molecule has 0 saturated carbocycles. The molecule has 0 amide bonds. The lowest BCUT2D eigenvalue weighted by atomic mass is 10.1. The Morgan fingerprint density at radius 2 is 2.04 bits per heavy atom. The summed E-state index contributed by atoms with van der Waals surface area (Å²) in [6, 6.07) is 5.85. The van der Waals surface area contributed by atoms with Crippen molar-refractivity contribution in [2.75, 3.05) is 11.6 Å². The third-order valence-corrected chi connectivity index (χ3v) is 5.19. The van der Waals surface area contributed by atoms with E-state index in [4.69, 9.17) is 0 Å². The lowest BCUT2D eigenvalue weighted by Crippen LogP contribution is -2.13. The number of anilines is 1. The minimum absolute atomic E-state index is 0.150. The molecular weight excluding hydrogens is 366 g/mol. The number of aromatic amines is 1. The van der Waals surface area contributed by atoms with E-state index in [2.05, 4.69) is 30.6 Å². The Morgan fingerprint density at radius 3 is 2.78 bits per heavy atom. The van der Waals surface area contributed by atoms with Gasteiger partial charge in [0.15, 0.2) is 5.65 Å². The summed E-state index contributed by atoms with van der Waals surface area (Å²) in [4.78, 5) is 8.43. The lowest BCUT2D eigenvalue weighted by Gasteiger charge is -2.10. The molecule has 1 aromatic carbocycles. The molecule has 0 aliphatic heterocycles. The van der Waals surface area contributed by atoms with E-state index in [1.54, 1.807) is 16.9 Å². The van der Waals surface area contributed by atoms with Crippen LogP contribution < -0.4 is 5.32 Å². The summed E-state index contributed by atoms with van der Waals surface area (Å²) in [5.74, 6) is 0.477. The normalized spacial score (nSPS) is 12.3. The zero-order chi connectivity index (χ0) is 19.2. The second kappa shape index (κ2) is 6.31. The fraction of sp³-hybridized carbons (Fsp3) is 0.294. The van der Waals surface area contributed by atoms with Gasteiger partial charge in [-0.1, -0.05) is 26.0 Å². The van der Waals surface area contributed by atoms with Crippen LogP contribution in [-0.2, 0) is 16.4 Å². The number of fused-ring (bicyclic) bond motifs is 2. The fourth-order valence-corrected chi connectivity index (χ4v) is 3.42. The predicted octanol–water partition coefficient (Wildman–Crippen LogP) is 2.14. The van der Waals surface area contributed by atoms with Gasteiger partial charge in [0.1, 0.15) is 0 Å². The first-order valence-electron chi connectivity index (χ1n) is 8.45. The Hall–Kier alpha value is -3.01. The topological polar surface area (TPSA) is 118 Å². The number of benzene rings is 1. The largest absolute Gasteiger partial charge is 0.350 e. The average Bonchev–Trinajstić information content (AvgIpc) is 3.25. The quantitative estimate of drug-likeness (QED) is 0.540. The Kier molecular flexibility index (Phi) is 4.06. The molecule has 0 aliphatic rings. The van der Waals surface area contributed by atoms with E-state index in [1.807, 2.05) is 32.0 Å². The third kappa shape index (κ3) is 3.12. The molecule has 0 unspecified atom stereocenters. The first-order valence-corrected chi connectivity index (χ1v) is 10.3. The molecule has 10 heteroatoms. The summed E-state index contributed by atoms with van der Waals surface area (Å²) in [6.45, 7) is 4.45. The highest BCUT2D eigenvalue weighted by Gasteiger charge is 2.20. The average molecular weight is 385 g/mol. The highest BCUT2D eigenvalue weighted by molar-refractivity contribution is 7.90. The number of nitrogens with zero attached hydrogens (tertiary/aromatic N) is 5. The van der Waals surface area contributed by atoms with Crippen molar-refractivity contribution < 1.29 is 8.42 Å². The van der Waals surface area contributed by atoms with Crippen LogP contribution in [0.3, 0.4) is 0 Å². The van der Waals surface area contributed by atoms with E-state index in [0.29, 0.717) is 18.1 Å². The van der Waals surface area contributed by atoms with Gasteiger partial charge in [-0.3, -0.25) is 5.10 Å². The van der Waals surface area contributed by atoms with E-state index < -0.39 is 9.84 Å². The number of rotatable bonds is 5. The Labute approximate surface area is 155 Å². The monoisotopic (exact) mass is 385 g/mol. The van der Waals surface area contributed by atoms with Gasteiger partial charge in [-0.05, 0) is 17.5 Å². The van der Waals surface area contributed by atoms with Gasteiger partial charge in [0.2, 0.25) is 15.8 Å². The van der Waals surface area contributed by atoms with Crippen LogP contribution in [0.1, 0.15) is 30.9 Å². The van der Waals surface area contributed by atoms with Gasteiger partial charge in [0.25, 0.3) is 5.16 Å². The second-order valence-corrected chi connectivity index (χ2v) is 8.60. The van der Waals surface area contributed by atoms with Crippen LogP contribution in [0, 0.1) is 0 Å². The summed E-state index contributed by atoms with van der Waals surface area (Å²) in [5, 5.41) is 15.3. The van der Waals surface area contributed by atoms with E-state index in [9.17, 15) is 8.42 Å². The molecule has 3 heterocycles. The van der Waals surface area contributed by atoms with Crippen LogP contribution in [0.15, 0.2) is 35.7 Å². The smallest absolute Gasteiger partial charge is 0.252 e. The van der Waals surface area contributed by atoms with Gasteiger partial charge < -0.3 is 5.32 Å². The van der Waals surface area contributed by atoms with E-state index in [-0.39, 0.29) is 11.1 Å². The summed E-state index contributed by atoms with van der Waals surface area (Å²) < 4.78 is 25.6. The first-order chi connectivity index (χ1) is 12.8. The van der Waals surface area contributed by atoms with Gasteiger partial charge in [0.05, 0.1) is 17.9 Å². The zero-order valence-electron chi connectivity index (χ0n) is 15.1. The molecule has 0 aliphatic carbocycles. The number of hydrogen-bond acceptors (Lipinski definition) is 7. The molecule has 0 radical (unpaired) electrons. The van der Waals surface area contributed by atoms with Gasteiger partial charge >= 0.3 is 0 Å². The predicted molar refractivity (Wildman–Crippen MR) is 101 cm³/mol. The minimum Gasteiger partial charge on any atom is -0.350 e. The molecule has 0 fully saturated rings. The molecular formula is C17H19N7O2S. The van der Waals surface area contributed by atoms with Crippen molar-refractivity contribution in [2.24, 2.45) is 0 Å². The maximum absolute atomic E-state index is 12.1. The van der Waals surface area contributed by atoms with E-state index >= 15 is 0 Å². The maximum Gasteiger partial charge on any atom is 0.252 e. The lowest BCUT2D eigenvalue weighted by molar-refractivity contribution is 0.592. The van der Waals surface area contributed by atoms with Crippen LogP contribution in [0.4, 0.5) is 5.95 Å². The van der Waals surface area contributed by atoms with Crippen molar-refractivity contribution in [1.82, 2.24) is 29.8 Å². The zero-order valence-corrected chi connectivity index (χ0v) is 15.9. The van der Waals surface area contributed by atoms with Crippen LogP contribution in [0.5, 0.6) is 0 Å². The number of sulfone groups is 1. The SMILES string of the molecule is CC(C)c1cnn2c(NCc3cccc4[nH]ncc34)nc(S(C)(=O)=O)nc12. The maximum atomic E-state index is 12.1. The summed E-state index contributed by atoms with van der Waals surface area (Å²) in [5.41, 5.74) is 3.29. The highest BCUT2D eigenvalue weighted by atomic mass is 32.2. The second-order valence-electron chi connectivity index (χ2n) is 6.69. The third-order valence-electron chi connectivity index (χ3n) is 4.34. The molecule has 0 spiro atoms. The Morgan fingerprint density at radius 1 is 1.22 bits per heavy atom. The van der Waals surface area contributed by atoms with Gasteiger partial charge in [-0.2, -0.15) is 24.7 Å². The van der Waals surface area contributed by atoms with Crippen molar-refractivity contribution >= 4 is 32.3 Å². The van der Waals surface area contributed by atoms with Crippen LogP contribution in [0.25, 0.3) is 16.6 Å². The molecule has 0 bridgehead atoms. The van der Waals surface area contributed by atoms with E-state index in [0.717, 1.165) is 28.3 Å². The van der Waals surface area contributed by atoms with Crippen molar-refractivity contribution in [1.29, 1.82) is 0 Å². The molecule has 140 valence electrons. The number of hydrogen-bond donors (Lipinski definition) is 2. The summed E-state index contributed by atoms with van der Waals surface area (Å²) >= 11 is 0. The standard InChI is InChI=1S/C17H19N7O2S/c1-10(2)12-9-20-24-15(12)21-17(27(3,25)26)22-16(24)18-7-11-5-4-6-14-13(11)8-19-23-14/h4-6,8-10H,7H2,1-3H3,(H,19,23)(H,18,21,22). The molecule has 3 aromatic heterocycles. The van der Waals surface area contributed by atoms with Crippen LogP contribution in [0.2, 0.25) is 0 Å². The molecule has 4 aromatic rings. The fourth-order valence-electron chi connectivity index (χ4n) is 2.92. The van der Waals surface area contributed by atoms with Crippen molar-refractivity contribution in [3.05, 3.63) is 41.7 Å². The van der Waals surface area contributed by atoms with Crippen molar-refractivity contribution in [3.63, 3.8) is 0 Å². The van der Waals surface area contributed by atoms with E-state index in [1.165, 1.54) is 0 Å². The van der Waals surface area contributed by atoms with Gasteiger partial charge in [0, 0.05) is 23.8 Å². The number of nitrogens with one attached hydrogen (secondary N) is 2. The minimum atomic E-state index is -3.56. The first kappa shape index (κ1) is 17.4. The van der Waals surface area contributed by atoms with Crippen LogP contribution in [-0.4, -0.2) is 44.5 Å². The highest BCUT2D eigenvalue weighted by Crippen LogP contribution is 2.23. The van der Waals surface area contributed by atoms with Crippen molar-refractivity contribution in [2.45, 2.75) is 31.5 Å².